The Hall–Kier alpha value is -1.99. The van der Waals surface area contributed by atoms with Crippen LogP contribution < -0.4 is 0 Å². The van der Waals surface area contributed by atoms with Crippen LogP contribution in [0.3, 0.4) is 0 Å². The molecule has 96 valence electrons. The number of allylic oxidation sites excluding steroid dienone is 1. The van der Waals surface area contributed by atoms with E-state index in [0.717, 1.165) is 18.4 Å². The molecule has 1 aromatic carbocycles. The van der Waals surface area contributed by atoms with Gasteiger partial charge in [-0.1, -0.05) is 30.3 Å². The minimum atomic E-state index is -0.596. The fourth-order valence-electron chi connectivity index (χ4n) is 1.29. The molecule has 0 bridgehead atoms. The Bertz CT molecular complexity index is 403. The Balaban J connectivity index is 2.14. The molecule has 18 heavy (non-hydrogen) atoms. The standard InChI is InChI=1S/C15H18O3/c1-2-17-15(16)18-13-9-4-3-6-10-14-11-7-5-8-12-14/h3,5,7-8,10-12H,2,4,9,13H2,1H3. The van der Waals surface area contributed by atoms with Gasteiger partial charge in [0, 0.05) is 0 Å². The summed E-state index contributed by atoms with van der Waals surface area (Å²) in [5.74, 6) is 0. The van der Waals surface area contributed by atoms with Gasteiger partial charge in [-0.25, -0.2) is 4.79 Å². The van der Waals surface area contributed by atoms with Gasteiger partial charge in [-0.3, -0.25) is 0 Å². The van der Waals surface area contributed by atoms with Crippen LogP contribution in [-0.2, 0) is 9.47 Å². The topological polar surface area (TPSA) is 35.5 Å². The molecule has 0 N–H and O–H groups in total. The molecule has 0 aliphatic rings. The predicted octanol–water partition coefficient (Wildman–Crippen LogP) is 3.81. The first-order chi connectivity index (χ1) is 8.83. The van der Waals surface area contributed by atoms with E-state index in [1.165, 1.54) is 0 Å². The normalized spacial score (nSPS) is 9.17. The van der Waals surface area contributed by atoms with Gasteiger partial charge >= 0.3 is 6.16 Å². The van der Waals surface area contributed by atoms with Crippen molar-refractivity contribution in [2.24, 2.45) is 0 Å². The second-order valence-corrected chi connectivity index (χ2v) is 3.60. The Labute approximate surface area is 108 Å². The molecule has 0 unspecified atom stereocenters. The molecular formula is C15H18O3. The predicted molar refractivity (Wildman–Crippen MR) is 71.2 cm³/mol. The van der Waals surface area contributed by atoms with Crippen LogP contribution in [-0.4, -0.2) is 19.4 Å². The smallest absolute Gasteiger partial charge is 0.435 e. The highest BCUT2D eigenvalue weighted by atomic mass is 16.7. The lowest BCUT2D eigenvalue weighted by atomic mass is 10.2. The van der Waals surface area contributed by atoms with E-state index < -0.39 is 6.16 Å². The first-order valence-corrected chi connectivity index (χ1v) is 6.08. The first kappa shape index (κ1) is 14.1. The highest BCUT2D eigenvalue weighted by molar-refractivity contribution is 5.59. The number of unbranched alkanes of at least 4 members (excludes halogenated alkanes) is 1. The van der Waals surface area contributed by atoms with Crippen molar-refractivity contribution in [2.75, 3.05) is 13.2 Å². The summed E-state index contributed by atoms with van der Waals surface area (Å²) >= 11 is 0. The Morgan fingerprint density at radius 2 is 2.06 bits per heavy atom. The van der Waals surface area contributed by atoms with Crippen molar-refractivity contribution in [3.05, 3.63) is 47.7 Å². The average molecular weight is 246 g/mol. The first-order valence-electron chi connectivity index (χ1n) is 6.08. The van der Waals surface area contributed by atoms with Gasteiger partial charge in [0.2, 0.25) is 0 Å². The zero-order chi connectivity index (χ0) is 13.1. The highest BCUT2D eigenvalue weighted by Crippen LogP contribution is 2.00. The number of benzene rings is 1. The largest absolute Gasteiger partial charge is 0.508 e. The van der Waals surface area contributed by atoms with E-state index in [1.807, 2.05) is 42.5 Å². The van der Waals surface area contributed by atoms with Gasteiger partial charge in [-0.15, -0.1) is 5.73 Å². The van der Waals surface area contributed by atoms with Crippen LogP contribution >= 0.6 is 0 Å². The molecule has 0 radical (unpaired) electrons. The summed E-state index contributed by atoms with van der Waals surface area (Å²) in [5, 5.41) is 0. The van der Waals surface area contributed by atoms with Crippen molar-refractivity contribution in [1.29, 1.82) is 0 Å². The molecule has 0 aliphatic heterocycles. The second kappa shape index (κ2) is 9.08. The quantitative estimate of drug-likeness (QED) is 0.435. The second-order valence-electron chi connectivity index (χ2n) is 3.60. The van der Waals surface area contributed by atoms with E-state index in [-0.39, 0.29) is 0 Å². The maximum Gasteiger partial charge on any atom is 0.508 e. The van der Waals surface area contributed by atoms with Gasteiger partial charge in [0.1, 0.15) is 0 Å². The summed E-state index contributed by atoms with van der Waals surface area (Å²) in [7, 11) is 0. The van der Waals surface area contributed by atoms with Crippen LogP contribution in [0.5, 0.6) is 0 Å². The number of carbonyl (C=O) groups is 1. The Morgan fingerprint density at radius 3 is 2.78 bits per heavy atom. The van der Waals surface area contributed by atoms with E-state index in [9.17, 15) is 4.79 Å². The summed E-state index contributed by atoms with van der Waals surface area (Å²) in [5.41, 5.74) is 4.22. The summed E-state index contributed by atoms with van der Waals surface area (Å²) < 4.78 is 9.46. The summed E-state index contributed by atoms with van der Waals surface area (Å²) in [4.78, 5) is 10.8. The van der Waals surface area contributed by atoms with Crippen LogP contribution in [0.4, 0.5) is 4.79 Å². The Kier molecular flexibility index (Phi) is 7.10. The zero-order valence-corrected chi connectivity index (χ0v) is 10.6. The molecule has 0 spiro atoms. The van der Waals surface area contributed by atoms with Crippen LogP contribution in [0.2, 0.25) is 0 Å². The van der Waals surface area contributed by atoms with Crippen LogP contribution in [0.15, 0.2) is 42.1 Å². The van der Waals surface area contributed by atoms with E-state index in [1.54, 1.807) is 6.92 Å². The van der Waals surface area contributed by atoms with E-state index in [0.29, 0.717) is 13.2 Å². The van der Waals surface area contributed by atoms with Gasteiger partial charge < -0.3 is 9.47 Å². The molecule has 0 saturated heterocycles. The maximum atomic E-state index is 10.8. The lowest BCUT2D eigenvalue weighted by Gasteiger charge is -2.02. The van der Waals surface area contributed by atoms with Crippen molar-refractivity contribution in [2.45, 2.75) is 19.8 Å². The van der Waals surface area contributed by atoms with E-state index in [4.69, 9.17) is 4.74 Å². The molecule has 0 amide bonds. The van der Waals surface area contributed by atoms with Gasteiger partial charge in [0.25, 0.3) is 0 Å². The maximum absolute atomic E-state index is 10.8. The molecule has 0 atom stereocenters. The van der Waals surface area contributed by atoms with Crippen LogP contribution in [0.25, 0.3) is 6.08 Å². The monoisotopic (exact) mass is 246 g/mol. The third kappa shape index (κ3) is 6.56. The summed E-state index contributed by atoms with van der Waals surface area (Å²) in [6, 6.07) is 9.99. The van der Waals surface area contributed by atoms with E-state index in [2.05, 4.69) is 10.5 Å². The molecule has 0 saturated carbocycles. The molecule has 0 heterocycles. The molecule has 3 nitrogen and oxygen atoms in total. The number of hydrogen-bond acceptors (Lipinski definition) is 3. The van der Waals surface area contributed by atoms with Crippen molar-refractivity contribution in [3.63, 3.8) is 0 Å². The molecule has 1 rings (SSSR count). The van der Waals surface area contributed by atoms with E-state index >= 15 is 0 Å². The fourth-order valence-corrected chi connectivity index (χ4v) is 1.29. The molecule has 3 heteroatoms. The van der Waals surface area contributed by atoms with Crippen LogP contribution in [0, 0.1) is 0 Å². The van der Waals surface area contributed by atoms with Crippen LogP contribution in [0.1, 0.15) is 25.3 Å². The minimum Gasteiger partial charge on any atom is -0.435 e. The fraction of sp³-hybridized carbons (Fsp3) is 0.333. The third-order valence-corrected chi connectivity index (χ3v) is 2.14. The van der Waals surface area contributed by atoms with Crippen molar-refractivity contribution >= 4 is 12.2 Å². The average Bonchev–Trinajstić information content (AvgIpc) is 2.39. The third-order valence-electron chi connectivity index (χ3n) is 2.14. The molecule has 0 aromatic heterocycles. The lowest BCUT2D eigenvalue weighted by Crippen LogP contribution is -2.07. The van der Waals surface area contributed by atoms with Gasteiger partial charge in [0.15, 0.2) is 0 Å². The Morgan fingerprint density at radius 1 is 1.28 bits per heavy atom. The zero-order valence-electron chi connectivity index (χ0n) is 10.6. The highest BCUT2D eigenvalue weighted by Gasteiger charge is 1.99. The van der Waals surface area contributed by atoms with Crippen molar-refractivity contribution in [1.82, 2.24) is 0 Å². The number of ether oxygens (including phenoxy) is 2. The number of rotatable bonds is 6. The number of carbonyl (C=O) groups excluding carboxylic acids is 1. The van der Waals surface area contributed by atoms with Gasteiger partial charge in [-0.2, -0.15) is 0 Å². The van der Waals surface area contributed by atoms with Crippen molar-refractivity contribution in [3.8, 4) is 0 Å². The SMILES string of the molecule is CCOC(=O)OCCCC=C=Cc1ccccc1. The number of hydrogen-bond donors (Lipinski definition) is 0. The summed E-state index contributed by atoms with van der Waals surface area (Å²) in [6.07, 6.45) is 4.85. The van der Waals surface area contributed by atoms with Gasteiger partial charge in [0.05, 0.1) is 13.2 Å². The minimum absolute atomic E-state index is 0.346. The van der Waals surface area contributed by atoms with Gasteiger partial charge in [-0.05, 0) is 37.5 Å². The lowest BCUT2D eigenvalue weighted by molar-refractivity contribution is 0.0585. The molecule has 1 aromatic rings. The van der Waals surface area contributed by atoms with Crippen molar-refractivity contribution < 1.29 is 14.3 Å². The molecule has 0 fully saturated rings. The molecular weight excluding hydrogens is 228 g/mol. The summed E-state index contributed by atoms with van der Waals surface area (Å²) in [6.45, 7) is 2.47. The molecule has 0 aliphatic carbocycles.